The summed E-state index contributed by atoms with van der Waals surface area (Å²) in [4.78, 5) is 20.3. The first-order chi connectivity index (χ1) is 12.2. The Balaban J connectivity index is 1.40. The third-order valence-electron chi connectivity index (χ3n) is 4.72. The van der Waals surface area contributed by atoms with Crippen LogP contribution >= 0.6 is 11.6 Å². The second-order valence-electron chi connectivity index (χ2n) is 6.47. The molecule has 0 spiro atoms. The van der Waals surface area contributed by atoms with E-state index in [-0.39, 0.29) is 5.91 Å². The van der Waals surface area contributed by atoms with E-state index in [1.165, 1.54) is 5.56 Å². The predicted octanol–water partition coefficient (Wildman–Crippen LogP) is 3.78. The van der Waals surface area contributed by atoms with E-state index < -0.39 is 0 Å². The lowest BCUT2D eigenvalue weighted by atomic mass is 10.2. The van der Waals surface area contributed by atoms with Gasteiger partial charge in [0.1, 0.15) is 5.69 Å². The first-order valence-corrected chi connectivity index (χ1v) is 8.91. The summed E-state index contributed by atoms with van der Waals surface area (Å²) in [6, 6.07) is 18.0. The van der Waals surface area contributed by atoms with Gasteiger partial charge < -0.3 is 9.88 Å². The molecule has 25 heavy (non-hydrogen) atoms. The number of carbonyl (C=O) groups is 1. The topological polar surface area (TPSA) is 39.3 Å². The zero-order valence-corrected chi connectivity index (χ0v) is 14.7. The van der Waals surface area contributed by atoms with Gasteiger partial charge in [-0.1, -0.05) is 41.9 Å². The zero-order chi connectivity index (χ0) is 17.2. The number of hydrogen-bond acceptors (Lipinski definition) is 2. The number of fused-ring (bicyclic) bond motifs is 1. The van der Waals surface area contributed by atoms with Gasteiger partial charge in [0.05, 0.1) is 0 Å². The van der Waals surface area contributed by atoms with Crippen molar-refractivity contribution in [2.45, 2.75) is 6.54 Å². The molecule has 0 aliphatic carbocycles. The lowest BCUT2D eigenvalue weighted by Crippen LogP contribution is -2.48. The lowest BCUT2D eigenvalue weighted by Gasteiger charge is -2.34. The fraction of sp³-hybridized carbons (Fsp3) is 0.250. The van der Waals surface area contributed by atoms with E-state index in [0.717, 1.165) is 43.6 Å². The molecule has 1 aliphatic heterocycles. The van der Waals surface area contributed by atoms with Crippen molar-refractivity contribution in [3.8, 4) is 0 Å². The fourth-order valence-electron chi connectivity index (χ4n) is 3.34. The number of H-pyrrole nitrogens is 1. The third kappa shape index (κ3) is 3.55. The third-order valence-corrected chi connectivity index (χ3v) is 4.96. The molecule has 1 fully saturated rings. The molecule has 0 atom stereocenters. The molecule has 0 bridgehead atoms. The largest absolute Gasteiger partial charge is 0.351 e. The summed E-state index contributed by atoms with van der Waals surface area (Å²) in [7, 11) is 0. The number of benzene rings is 2. The summed E-state index contributed by atoms with van der Waals surface area (Å²) in [5, 5.41) is 1.65. The smallest absolute Gasteiger partial charge is 0.270 e. The molecule has 2 aromatic carbocycles. The normalized spacial score (nSPS) is 15.6. The molecule has 0 saturated carbocycles. The van der Waals surface area contributed by atoms with Crippen LogP contribution in [0.4, 0.5) is 0 Å². The number of nitrogens with zero attached hydrogens (tertiary/aromatic N) is 2. The maximum atomic E-state index is 12.8. The number of hydrogen-bond donors (Lipinski definition) is 1. The number of rotatable bonds is 3. The summed E-state index contributed by atoms with van der Waals surface area (Å²) >= 11 is 6.02. The van der Waals surface area contributed by atoms with Gasteiger partial charge >= 0.3 is 0 Å². The van der Waals surface area contributed by atoms with E-state index in [4.69, 9.17) is 11.6 Å². The van der Waals surface area contributed by atoms with Crippen LogP contribution in [0.5, 0.6) is 0 Å². The van der Waals surface area contributed by atoms with E-state index in [1.54, 1.807) is 0 Å². The number of halogens is 1. The fourth-order valence-corrected chi connectivity index (χ4v) is 3.52. The van der Waals surface area contributed by atoms with Crippen LogP contribution in [0.3, 0.4) is 0 Å². The molecule has 1 aromatic heterocycles. The highest BCUT2D eigenvalue weighted by Crippen LogP contribution is 2.21. The molecule has 0 radical (unpaired) electrons. The summed E-state index contributed by atoms with van der Waals surface area (Å²) in [6.07, 6.45) is 0. The minimum Gasteiger partial charge on any atom is -0.351 e. The van der Waals surface area contributed by atoms with Crippen LogP contribution in [0.1, 0.15) is 16.1 Å². The van der Waals surface area contributed by atoms with Gasteiger partial charge in [0, 0.05) is 48.6 Å². The average Bonchev–Trinajstić information content (AvgIpc) is 3.06. The minimum atomic E-state index is 0.0617. The molecule has 128 valence electrons. The van der Waals surface area contributed by atoms with Gasteiger partial charge in [-0.25, -0.2) is 0 Å². The Morgan fingerprint density at radius 1 is 1.00 bits per heavy atom. The molecule has 1 saturated heterocycles. The van der Waals surface area contributed by atoms with E-state index in [2.05, 4.69) is 34.1 Å². The second-order valence-corrected chi connectivity index (χ2v) is 6.90. The molecule has 0 unspecified atom stereocenters. The Labute approximate surface area is 152 Å². The Hall–Kier alpha value is -2.30. The van der Waals surface area contributed by atoms with Crippen LogP contribution in [0, 0.1) is 0 Å². The highest BCUT2D eigenvalue weighted by atomic mass is 35.5. The van der Waals surface area contributed by atoms with Crippen molar-refractivity contribution in [1.82, 2.24) is 14.8 Å². The predicted molar refractivity (Wildman–Crippen MR) is 101 cm³/mol. The molecular weight excluding hydrogens is 334 g/mol. The monoisotopic (exact) mass is 353 g/mol. The number of carbonyl (C=O) groups excluding carboxylic acids is 1. The molecule has 1 aliphatic rings. The number of piperazine rings is 1. The van der Waals surface area contributed by atoms with Crippen molar-refractivity contribution in [2.24, 2.45) is 0 Å². The Morgan fingerprint density at radius 3 is 2.52 bits per heavy atom. The van der Waals surface area contributed by atoms with Crippen LogP contribution < -0.4 is 0 Å². The molecule has 2 heterocycles. The minimum absolute atomic E-state index is 0.0617. The van der Waals surface area contributed by atoms with E-state index in [1.807, 2.05) is 35.2 Å². The molecule has 1 N–H and O–H groups in total. The van der Waals surface area contributed by atoms with Gasteiger partial charge in [-0.05, 0) is 29.8 Å². The number of aromatic amines is 1. The van der Waals surface area contributed by atoms with Gasteiger partial charge in [-0.3, -0.25) is 9.69 Å². The van der Waals surface area contributed by atoms with Crippen molar-refractivity contribution in [1.29, 1.82) is 0 Å². The van der Waals surface area contributed by atoms with Gasteiger partial charge in [0.2, 0.25) is 0 Å². The number of nitrogens with one attached hydrogen (secondary N) is 1. The summed E-state index contributed by atoms with van der Waals surface area (Å²) in [5.74, 6) is 0.0617. The van der Waals surface area contributed by atoms with Crippen LogP contribution in [0.2, 0.25) is 5.02 Å². The molecule has 4 nitrogen and oxygen atoms in total. The van der Waals surface area contributed by atoms with Gasteiger partial charge in [0.15, 0.2) is 0 Å². The first kappa shape index (κ1) is 16.2. The molecule has 3 aromatic rings. The van der Waals surface area contributed by atoms with E-state index in [0.29, 0.717) is 10.7 Å². The molecular formula is C20H20ClN3O. The lowest BCUT2D eigenvalue weighted by molar-refractivity contribution is 0.0623. The standard InChI is InChI=1S/C20H20ClN3O/c21-17-6-7-18-16(12-17)13-19(22-18)20(25)24-10-8-23(9-11-24)14-15-4-2-1-3-5-15/h1-7,12-13,22H,8-11,14H2. The van der Waals surface area contributed by atoms with Gasteiger partial charge in [-0.15, -0.1) is 0 Å². The van der Waals surface area contributed by atoms with E-state index >= 15 is 0 Å². The summed E-state index contributed by atoms with van der Waals surface area (Å²) in [5.41, 5.74) is 2.89. The maximum Gasteiger partial charge on any atom is 0.270 e. The summed E-state index contributed by atoms with van der Waals surface area (Å²) in [6.45, 7) is 4.23. The number of aromatic nitrogens is 1. The molecule has 1 amide bonds. The van der Waals surface area contributed by atoms with Crippen LogP contribution in [-0.2, 0) is 6.54 Å². The first-order valence-electron chi connectivity index (χ1n) is 8.53. The zero-order valence-electron chi connectivity index (χ0n) is 13.9. The maximum absolute atomic E-state index is 12.8. The SMILES string of the molecule is O=C(c1cc2cc(Cl)ccc2[nH]1)N1CCN(Cc2ccccc2)CC1. The Bertz CT molecular complexity index is 882. The average molecular weight is 354 g/mol. The summed E-state index contributed by atoms with van der Waals surface area (Å²) < 4.78 is 0. The Morgan fingerprint density at radius 2 is 1.76 bits per heavy atom. The second kappa shape index (κ2) is 6.90. The van der Waals surface area contributed by atoms with Gasteiger partial charge in [-0.2, -0.15) is 0 Å². The van der Waals surface area contributed by atoms with Crippen molar-refractivity contribution in [3.05, 3.63) is 70.9 Å². The molecule has 4 rings (SSSR count). The van der Waals surface area contributed by atoms with Gasteiger partial charge in [0.25, 0.3) is 5.91 Å². The number of amides is 1. The van der Waals surface area contributed by atoms with Crippen molar-refractivity contribution in [2.75, 3.05) is 26.2 Å². The highest BCUT2D eigenvalue weighted by Gasteiger charge is 2.23. The van der Waals surface area contributed by atoms with Crippen LogP contribution in [0.25, 0.3) is 10.9 Å². The Kier molecular flexibility index (Phi) is 4.47. The van der Waals surface area contributed by atoms with E-state index in [9.17, 15) is 4.79 Å². The molecule has 5 heteroatoms. The van der Waals surface area contributed by atoms with Crippen molar-refractivity contribution >= 4 is 28.4 Å². The van der Waals surface area contributed by atoms with Crippen molar-refractivity contribution < 1.29 is 4.79 Å². The van der Waals surface area contributed by atoms with Crippen LogP contribution in [0.15, 0.2) is 54.6 Å². The quantitative estimate of drug-likeness (QED) is 0.778. The van der Waals surface area contributed by atoms with Crippen molar-refractivity contribution in [3.63, 3.8) is 0 Å². The highest BCUT2D eigenvalue weighted by molar-refractivity contribution is 6.31. The van der Waals surface area contributed by atoms with Crippen LogP contribution in [-0.4, -0.2) is 46.9 Å².